The Kier molecular flexibility index (Phi) is 4.09. The molecule has 1 heterocycles. The highest BCUT2D eigenvalue weighted by molar-refractivity contribution is 5.27. The van der Waals surface area contributed by atoms with E-state index in [0.717, 1.165) is 17.8 Å². The van der Waals surface area contributed by atoms with E-state index in [0.29, 0.717) is 11.1 Å². The Morgan fingerprint density at radius 1 is 1.20 bits per heavy atom. The average molecular weight is 281 g/mol. The van der Waals surface area contributed by atoms with Crippen molar-refractivity contribution in [1.29, 1.82) is 0 Å². The highest BCUT2D eigenvalue weighted by Gasteiger charge is 2.30. The van der Waals surface area contributed by atoms with Crippen molar-refractivity contribution in [3.05, 3.63) is 65.0 Å². The van der Waals surface area contributed by atoms with Gasteiger partial charge in [-0.25, -0.2) is 0 Å². The zero-order valence-electron chi connectivity index (χ0n) is 10.9. The first-order valence-electron chi connectivity index (χ1n) is 6.13. The molecule has 0 radical (unpaired) electrons. The Morgan fingerprint density at radius 3 is 2.55 bits per heavy atom. The molecule has 1 N–H and O–H groups in total. The fourth-order valence-electron chi connectivity index (χ4n) is 1.89. The number of halogens is 3. The molecule has 0 aliphatic rings. The minimum Gasteiger partial charge on any atom is -0.388 e. The molecule has 2 nitrogen and oxygen atoms in total. The number of pyridine rings is 1. The maximum absolute atomic E-state index is 12.6. The highest BCUT2D eigenvalue weighted by Crippen LogP contribution is 2.30. The van der Waals surface area contributed by atoms with Crippen LogP contribution < -0.4 is 0 Å². The standard InChI is InChI=1S/C15H14F3NO/c1-10-5-6-12(9-19-10)14(20)8-11-3-2-4-13(7-11)15(16,17)18/h2-7,9,14,20H,8H2,1H3. The normalized spacial score (nSPS) is 13.2. The number of aryl methyl sites for hydroxylation is 1. The molecule has 0 saturated heterocycles. The number of aliphatic hydroxyl groups excluding tert-OH is 1. The summed E-state index contributed by atoms with van der Waals surface area (Å²) in [5.74, 6) is 0. The zero-order valence-corrected chi connectivity index (χ0v) is 10.9. The van der Waals surface area contributed by atoms with Gasteiger partial charge in [0.2, 0.25) is 0 Å². The lowest BCUT2D eigenvalue weighted by Crippen LogP contribution is -2.07. The third-order valence-corrected chi connectivity index (χ3v) is 3.00. The first-order valence-corrected chi connectivity index (χ1v) is 6.13. The fourth-order valence-corrected chi connectivity index (χ4v) is 1.89. The Bertz CT molecular complexity index is 578. The topological polar surface area (TPSA) is 33.1 Å². The van der Waals surface area contributed by atoms with E-state index in [1.165, 1.54) is 12.3 Å². The summed E-state index contributed by atoms with van der Waals surface area (Å²) >= 11 is 0. The lowest BCUT2D eigenvalue weighted by molar-refractivity contribution is -0.137. The molecule has 0 fully saturated rings. The van der Waals surface area contributed by atoms with Crippen LogP contribution in [-0.2, 0) is 12.6 Å². The van der Waals surface area contributed by atoms with Crippen molar-refractivity contribution in [2.75, 3.05) is 0 Å². The summed E-state index contributed by atoms with van der Waals surface area (Å²) in [7, 11) is 0. The van der Waals surface area contributed by atoms with Gasteiger partial charge >= 0.3 is 6.18 Å². The molecule has 0 aliphatic carbocycles. The van der Waals surface area contributed by atoms with Gasteiger partial charge in [-0.05, 0) is 30.2 Å². The number of aromatic nitrogens is 1. The quantitative estimate of drug-likeness (QED) is 0.930. The van der Waals surface area contributed by atoms with E-state index >= 15 is 0 Å². The monoisotopic (exact) mass is 281 g/mol. The van der Waals surface area contributed by atoms with Crippen LogP contribution in [0.5, 0.6) is 0 Å². The van der Waals surface area contributed by atoms with Gasteiger partial charge in [0.05, 0.1) is 11.7 Å². The maximum Gasteiger partial charge on any atom is 0.416 e. The molecule has 1 atom stereocenters. The second-order valence-corrected chi connectivity index (χ2v) is 4.65. The van der Waals surface area contributed by atoms with Gasteiger partial charge in [0.25, 0.3) is 0 Å². The molecule has 5 heteroatoms. The second kappa shape index (κ2) is 5.63. The largest absolute Gasteiger partial charge is 0.416 e. The van der Waals surface area contributed by atoms with Gasteiger partial charge in [-0.3, -0.25) is 4.98 Å². The number of hydrogen-bond donors (Lipinski definition) is 1. The number of rotatable bonds is 3. The van der Waals surface area contributed by atoms with Crippen LogP contribution in [-0.4, -0.2) is 10.1 Å². The Labute approximate surface area is 114 Å². The number of hydrogen-bond acceptors (Lipinski definition) is 2. The van der Waals surface area contributed by atoms with E-state index in [1.807, 2.05) is 6.92 Å². The number of nitrogens with zero attached hydrogens (tertiary/aromatic N) is 1. The van der Waals surface area contributed by atoms with Crippen LogP contribution in [0.25, 0.3) is 0 Å². The van der Waals surface area contributed by atoms with Crippen molar-refractivity contribution in [1.82, 2.24) is 4.98 Å². The lowest BCUT2D eigenvalue weighted by atomic mass is 10.0. The molecule has 0 bridgehead atoms. The predicted octanol–water partition coefficient (Wildman–Crippen LogP) is 3.68. The fraction of sp³-hybridized carbons (Fsp3) is 0.267. The third-order valence-electron chi connectivity index (χ3n) is 3.00. The van der Waals surface area contributed by atoms with Crippen molar-refractivity contribution in [2.24, 2.45) is 0 Å². The van der Waals surface area contributed by atoms with Gasteiger partial charge in [-0.2, -0.15) is 13.2 Å². The van der Waals surface area contributed by atoms with E-state index in [2.05, 4.69) is 4.98 Å². The summed E-state index contributed by atoms with van der Waals surface area (Å²) in [5, 5.41) is 10.0. The predicted molar refractivity (Wildman–Crippen MR) is 69.1 cm³/mol. The Balaban J connectivity index is 2.15. The van der Waals surface area contributed by atoms with E-state index in [1.54, 1.807) is 18.2 Å². The van der Waals surface area contributed by atoms with Crippen molar-refractivity contribution < 1.29 is 18.3 Å². The first-order chi connectivity index (χ1) is 9.36. The summed E-state index contributed by atoms with van der Waals surface area (Å²) in [6.45, 7) is 1.82. The van der Waals surface area contributed by atoms with Crippen LogP contribution >= 0.6 is 0 Å². The molecule has 0 aliphatic heterocycles. The van der Waals surface area contributed by atoms with Crippen molar-refractivity contribution in [3.8, 4) is 0 Å². The van der Waals surface area contributed by atoms with E-state index in [-0.39, 0.29) is 6.42 Å². The van der Waals surface area contributed by atoms with Gasteiger partial charge in [0.1, 0.15) is 0 Å². The van der Waals surface area contributed by atoms with E-state index in [9.17, 15) is 18.3 Å². The molecule has 0 amide bonds. The summed E-state index contributed by atoms with van der Waals surface area (Å²) in [6.07, 6.45) is -3.58. The molecule has 0 saturated carbocycles. The molecule has 1 unspecified atom stereocenters. The molecule has 2 aromatic rings. The van der Waals surface area contributed by atoms with Crippen molar-refractivity contribution >= 4 is 0 Å². The maximum atomic E-state index is 12.6. The minimum absolute atomic E-state index is 0.120. The summed E-state index contributed by atoms with van der Waals surface area (Å²) in [6, 6.07) is 8.47. The SMILES string of the molecule is Cc1ccc(C(O)Cc2cccc(C(F)(F)F)c2)cn1. The van der Waals surface area contributed by atoms with Gasteiger partial charge in [-0.15, -0.1) is 0 Å². The number of aliphatic hydroxyl groups is 1. The molecule has 2 rings (SSSR count). The lowest BCUT2D eigenvalue weighted by Gasteiger charge is -2.13. The summed E-state index contributed by atoms with van der Waals surface area (Å²) < 4.78 is 37.8. The summed E-state index contributed by atoms with van der Waals surface area (Å²) in [4.78, 5) is 4.06. The van der Waals surface area contributed by atoms with Crippen LogP contribution in [0.1, 0.15) is 28.5 Å². The van der Waals surface area contributed by atoms with E-state index < -0.39 is 17.8 Å². The number of alkyl halides is 3. The molecule has 1 aromatic carbocycles. The smallest absolute Gasteiger partial charge is 0.388 e. The van der Waals surface area contributed by atoms with Gasteiger partial charge in [0.15, 0.2) is 0 Å². The molecule has 0 spiro atoms. The van der Waals surface area contributed by atoms with Gasteiger partial charge < -0.3 is 5.11 Å². The number of benzene rings is 1. The highest BCUT2D eigenvalue weighted by atomic mass is 19.4. The molecular formula is C15H14F3NO. The second-order valence-electron chi connectivity index (χ2n) is 4.65. The average Bonchev–Trinajstić information content (AvgIpc) is 2.38. The molecule has 106 valence electrons. The molecular weight excluding hydrogens is 267 g/mol. The van der Waals surface area contributed by atoms with Crippen molar-refractivity contribution in [2.45, 2.75) is 25.6 Å². The van der Waals surface area contributed by atoms with Crippen LogP contribution in [0.3, 0.4) is 0 Å². The van der Waals surface area contributed by atoms with E-state index in [4.69, 9.17) is 0 Å². The minimum atomic E-state index is -4.37. The van der Waals surface area contributed by atoms with Crippen LogP contribution in [0, 0.1) is 6.92 Å². The van der Waals surface area contributed by atoms with Gasteiger partial charge in [-0.1, -0.05) is 24.3 Å². The molecule has 20 heavy (non-hydrogen) atoms. The van der Waals surface area contributed by atoms with Crippen LogP contribution in [0.15, 0.2) is 42.6 Å². The van der Waals surface area contributed by atoms with Crippen molar-refractivity contribution in [3.63, 3.8) is 0 Å². The van der Waals surface area contributed by atoms with Crippen LogP contribution in [0.4, 0.5) is 13.2 Å². The molecule has 1 aromatic heterocycles. The van der Waals surface area contributed by atoms with Crippen LogP contribution in [0.2, 0.25) is 0 Å². The summed E-state index contributed by atoms with van der Waals surface area (Å²) in [5.41, 5.74) is 1.14. The first kappa shape index (κ1) is 14.5. The Hall–Kier alpha value is -1.88. The zero-order chi connectivity index (χ0) is 14.8. The third kappa shape index (κ3) is 3.57. The van der Waals surface area contributed by atoms with Gasteiger partial charge in [0, 0.05) is 18.3 Å². The Morgan fingerprint density at radius 2 is 1.95 bits per heavy atom.